The lowest BCUT2D eigenvalue weighted by molar-refractivity contribution is -0.139. The van der Waals surface area contributed by atoms with Crippen LogP contribution in [-0.4, -0.2) is 52.5 Å². The van der Waals surface area contributed by atoms with Gasteiger partial charge in [-0.2, -0.15) is 5.26 Å². The van der Waals surface area contributed by atoms with Crippen LogP contribution in [-0.2, 0) is 16.1 Å². The fourth-order valence-corrected chi connectivity index (χ4v) is 5.21. The zero-order chi connectivity index (χ0) is 21.2. The van der Waals surface area contributed by atoms with Gasteiger partial charge in [-0.05, 0) is 50.2 Å². The summed E-state index contributed by atoms with van der Waals surface area (Å²) in [5.74, 6) is -0.105. The van der Waals surface area contributed by atoms with Crippen LogP contribution in [0.25, 0.3) is 0 Å². The lowest BCUT2D eigenvalue weighted by atomic mass is 9.57. The number of nitrogens with one attached hydrogen (secondary N) is 2. The van der Waals surface area contributed by atoms with Crippen LogP contribution in [0.15, 0.2) is 24.5 Å². The molecule has 0 radical (unpaired) electrons. The van der Waals surface area contributed by atoms with Crippen LogP contribution in [0.4, 0.5) is 4.39 Å². The van der Waals surface area contributed by atoms with Crippen molar-refractivity contribution in [2.45, 2.75) is 69.2 Å². The van der Waals surface area contributed by atoms with E-state index in [0.717, 1.165) is 44.1 Å². The fraction of sp³-hybridized carbons (Fsp3) is 0.636. The number of carbonyl (C=O) groups is 2. The third kappa shape index (κ3) is 4.04. The molecule has 2 bridgehead atoms. The molecule has 1 aliphatic heterocycles. The summed E-state index contributed by atoms with van der Waals surface area (Å²) in [5.41, 5.74) is 0.521. The van der Waals surface area contributed by atoms with E-state index in [9.17, 15) is 14.0 Å². The molecule has 30 heavy (non-hydrogen) atoms. The molecule has 2 heterocycles. The Kier molecular flexibility index (Phi) is 5.74. The maximum atomic E-state index is 13.6. The molecule has 2 N–H and O–H groups in total. The Hall–Kier alpha value is -2.53. The van der Waals surface area contributed by atoms with E-state index in [2.05, 4.69) is 15.6 Å². The first-order valence-corrected chi connectivity index (χ1v) is 10.7. The highest BCUT2D eigenvalue weighted by Gasteiger charge is 2.52. The predicted octanol–water partition coefficient (Wildman–Crippen LogP) is 1.84. The van der Waals surface area contributed by atoms with Crippen molar-refractivity contribution in [1.29, 1.82) is 5.26 Å². The van der Waals surface area contributed by atoms with Gasteiger partial charge in [0.05, 0.1) is 19.2 Å². The van der Waals surface area contributed by atoms with Crippen molar-refractivity contribution in [2.24, 2.45) is 5.41 Å². The number of nitriles is 1. The van der Waals surface area contributed by atoms with Crippen LogP contribution in [0, 0.1) is 16.7 Å². The van der Waals surface area contributed by atoms with E-state index in [-0.39, 0.29) is 42.3 Å². The van der Waals surface area contributed by atoms with Gasteiger partial charge in [-0.15, -0.1) is 0 Å². The van der Waals surface area contributed by atoms with Gasteiger partial charge in [0.15, 0.2) is 0 Å². The van der Waals surface area contributed by atoms with Crippen molar-refractivity contribution in [3.8, 4) is 6.07 Å². The topological polar surface area (TPSA) is 98.1 Å². The minimum Gasteiger partial charge on any atom is -0.351 e. The molecular weight excluding hydrogens is 385 g/mol. The summed E-state index contributed by atoms with van der Waals surface area (Å²) in [5, 5.41) is 15.6. The molecule has 4 aliphatic rings. The normalized spacial score (nSPS) is 32.6. The van der Waals surface area contributed by atoms with Gasteiger partial charge in [0.1, 0.15) is 12.2 Å². The van der Waals surface area contributed by atoms with Crippen molar-refractivity contribution >= 4 is 11.8 Å². The molecule has 3 saturated carbocycles. The lowest BCUT2D eigenvalue weighted by Gasteiger charge is -2.53. The lowest BCUT2D eigenvalue weighted by Crippen LogP contribution is -2.60. The van der Waals surface area contributed by atoms with Crippen LogP contribution in [0.1, 0.15) is 50.5 Å². The largest absolute Gasteiger partial charge is 0.351 e. The highest BCUT2D eigenvalue weighted by Crippen LogP contribution is 2.52. The first-order valence-electron chi connectivity index (χ1n) is 10.7. The monoisotopic (exact) mass is 413 g/mol. The van der Waals surface area contributed by atoms with Crippen molar-refractivity contribution in [3.63, 3.8) is 0 Å². The molecule has 8 heteroatoms. The molecular formula is C22H28FN5O2. The first kappa shape index (κ1) is 20.7. The van der Waals surface area contributed by atoms with Crippen molar-refractivity contribution in [2.75, 3.05) is 13.1 Å². The van der Waals surface area contributed by atoms with Crippen molar-refractivity contribution < 1.29 is 14.0 Å². The SMILES string of the molecule is N#C[C@@H]1C[C@H](F)CN1C(=O)CNC12CCC(C(=O)NCc3cccnc3)(CC1)CC2. The molecule has 5 rings (SSSR count). The number of fused-ring (bicyclic) bond motifs is 3. The number of alkyl halides is 1. The number of nitrogens with zero attached hydrogens (tertiary/aromatic N) is 3. The zero-order valence-corrected chi connectivity index (χ0v) is 17.1. The highest BCUT2D eigenvalue weighted by atomic mass is 19.1. The third-order valence-electron chi connectivity index (χ3n) is 7.24. The zero-order valence-electron chi connectivity index (χ0n) is 17.1. The number of amides is 2. The summed E-state index contributed by atoms with van der Waals surface area (Å²) in [6.45, 7) is 0.606. The van der Waals surface area contributed by atoms with Gasteiger partial charge >= 0.3 is 0 Å². The van der Waals surface area contributed by atoms with E-state index < -0.39 is 12.2 Å². The smallest absolute Gasteiger partial charge is 0.237 e. The fourth-order valence-electron chi connectivity index (χ4n) is 5.21. The minimum atomic E-state index is -1.12. The van der Waals surface area contributed by atoms with Crippen LogP contribution in [0.5, 0.6) is 0 Å². The molecule has 0 spiro atoms. The summed E-state index contributed by atoms with van der Waals surface area (Å²) in [6, 6.07) is 5.16. The maximum Gasteiger partial charge on any atom is 0.237 e. The Morgan fingerprint density at radius 1 is 1.27 bits per heavy atom. The summed E-state index contributed by atoms with van der Waals surface area (Å²) in [4.78, 5) is 30.9. The van der Waals surface area contributed by atoms with Crippen molar-refractivity contribution in [3.05, 3.63) is 30.1 Å². The number of pyridine rings is 1. The van der Waals surface area contributed by atoms with Crippen LogP contribution < -0.4 is 10.6 Å². The van der Waals surface area contributed by atoms with E-state index in [1.165, 1.54) is 4.90 Å². The molecule has 2 amide bonds. The first-order chi connectivity index (χ1) is 14.5. The summed E-state index contributed by atoms with van der Waals surface area (Å²) in [6.07, 6.45) is 7.36. The molecule has 3 aliphatic carbocycles. The summed E-state index contributed by atoms with van der Waals surface area (Å²) < 4.78 is 13.6. The number of carbonyl (C=O) groups excluding carboxylic acids is 2. The van der Waals surface area contributed by atoms with Gasteiger partial charge in [0, 0.05) is 36.3 Å². The molecule has 0 aromatic carbocycles. The van der Waals surface area contributed by atoms with Crippen molar-refractivity contribution in [1.82, 2.24) is 20.5 Å². The Balaban J connectivity index is 1.28. The number of hydrogen-bond acceptors (Lipinski definition) is 5. The van der Waals surface area contributed by atoms with Gasteiger partial charge < -0.3 is 15.5 Å². The van der Waals surface area contributed by atoms with E-state index >= 15 is 0 Å². The number of aromatic nitrogens is 1. The van der Waals surface area contributed by atoms with Crippen LogP contribution in [0.3, 0.4) is 0 Å². The number of halogens is 1. The quantitative estimate of drug-likeness (QED) is 0.742. The predicted molar refractivity (Wildman–Crippen MR) is 108 cm³/mol. The molecule has 1 aromatic rings. The van der Waals surface area contributed by atoms with Gasteiger partial charge in [0.2, 0.25) is 11.8 Å². The Labute approximate surface area is 176 Å². The Morgan fingerprint density at radius 2 is 2.00 bits per heavy atom. The van der Waals surface area contributed by atoms with E-state index in [4.69, 9.17) is 5.26 Å². The van der Waals surface area contributed by atoms with Gasteiger partial charge in [-0.25, -0.2) is 4.39 Å². The van der Waals surface area contributed by atoms with Gasteiger partial charge in [-0.1, -0.05) is 6.07 Å². The summed E-state index contributed by atoms with van der Waals surface area (Å²) >= 11 is 0. The van der Waals surface area contributed by atoms with E-state index in [1.54, 1.807) is 12.4 Å². The average Bonchev–Trinajstić information content (AvgIpc) is 3.18. The standard InChI is InChI=1S/C22H28FN5O2/c23-17-10-18(11-24)28(15-17)19(29)14-27-22-6-3-21(4-7-22,5-8-22)20(30)26-13-16-2-1-9-25-12-16/h1-2,9,12,17-18,27H,3-8,10,13-15H2,(H,26,30)/t17-,18-,21?,22?/m0/s1. The minimum absolute atomic E-state index is 0.00591. The molecule has 2 atom stereocenters. The van der Waals surface area contributed by atoms with E-state index in [0.29, 0.717) is 6.54 Å². The number of rotatable bonds is 6. The van der Waals surface area contributed by atoms with Gasteiger partial charge in [0.25, 0.3) is 0 Å². The second-order valence-electron chi connectivity index (χ2n) is 8.98. The molecule has 160 valence electrons. The van der Waals surface area contributed by atoms with E-state index in [1.807, 2.05) is 18.2 Å². The average molecular weight is 413 g/mol. The molecule has 1 aromatic heterocycles. The Bertz CT molecular complexity index is 815. The molecule has 7 nitrogen and oxygen atoms in total. The molecule has 0 unspecified atom stereocenters. The third-order valence-corrected chi connectivity index (χ3v) is 7.24. The van der Waals surface area contributed by atoms with Crippen LogP contribution in [0.2, 0.25) is 0 Å². The number of likely N-dealkylation sites (tertiary alicyclic amines) is 1. The highest BCUT2D eigenvalue weighted by molar-refractivity contribution is 5.83. The maximum absolute atomic E-state index is 13.6. The summed E-state index contributed by atoms with van der Waals surface area (Å²) in [7, 11) is 0. The van der Waals surface area contributed by atoms with Crippen LogP contribution >= 0.6 is 0 Å². The molecule has 1 saturated heterocycles. The second-order valence-corrected chi connectivity index (χ2v) is 8.98. The molecule has 4 fully saturated rings. The Morgan fingerprint density at radius 3 is 2.63 bits per heavy atom. The van der Waals surface area contributed by atoms with Gasteiger partial charge in [-0.3, -0.25) is 14.6 Å². The second kappa shape index (κ2) is 8.31. The number of hydrogen-bond donors (Lipinski definition) is 2.